The maximum Gasteiger partial charge on any atom is 0.264 e. The summed E-state index contributed by atoms with van der Waals surface area (Å²) < 4.78 is 33.6. The van der Waals surface area contributed by atoms with Crippen molar-refractivity contribution in [2.75, 3.05) is 22.8 Å². The molecule has 0 radical (unpaired) electrons. The first-order chi connectivity index (χ1) is 14.8. The second-order valence-electron chi connectivity index (χ2n) is 7.15. The van der Waals surface area contributed by atoms with Crippen molar-refractivity contribution in [1.29, 1.82) is 0 Å². The van der Waals surface area contributed by atoms with Crippen molar-refractivity contribution < 1.29 is 17.9 Å². The van der Waals surface area contributed by atoms with Gasteiger partial charge in [0.25, 0.3) is 10.0 Å². The van der Waals surface area contributed by atoms with Crippen LogP contribution in [0.2, 0.25) is 0 Å². The third kappa shape index (κ3) is 5.44. The number of rotatable bonds is 8. The molecule has 1 amide bonds. The van der Waals surface area contributed by atoms with Crippen molar-refractivity contribution in [3.63, 3.8) is 0 Å². The molecule has 0 unspecified atom stereocenters. The molecule has 7 heteroatoms. The quantitative estimate of drug-likeness (QED) is 0.560. The number of aryl methyl sites for hydroxylation is 2. The van der Waals surface area contributed by atoms with E-state index in [-0.39, 0.29) is 11.4 Å². The zero-order valence-corrected chi connectivity index (χ0v) is 18.6. The molecule has 31 heavy (non-hydrogen) atoms. The Morgan fingerprint density at radius 3 is 2.19 bits per heavy atom. The highest BCUT2D eigenvalue weighted by Gasteiger charge is 2.27. The summed E-state index contributed by atoms with van der Waals surface area (Å²) in [6.07, 6.45) is 0. The molecule has 0 bridgehead atoms. The van der Waals surface area contributed by atoms with Gasteiger partial charge in [0.05, 0.1) is 22.9 Å². The standard InChI is InChI=1S/C24H26N2O4S/c1-4-30-23-13-9-8-12-22(23)25-24(27)17-26(20-15-18(2)14-19(3)16-20)31(28,29)21-10-6-5-7-11-21/h5-16H,4,17H2,1-3H3,(H,25,27). The van der Waals surface area contributed by atoms with Crippen LogP contribution in [0.1, 0.15) is 18.1 Å². The van der Waals surface area contributed by atoms with E-state index in [4.69, 9.17) is 4.74 Å². The molecule has 0 fully saturated rings. The Bertz CT molecular complexity index is 1140. The molecule has 6 nitrogen and oxygen atoms in total. The van der Waals surface area contributed by atoms with E-state index in [2.05, 4.69) is 5.32 Å². The summed E-state index contributed by atoms with van der Waals surface area (Å²) in [5.74, 6) is 0.0630. The van der Waals surface area contributed by atoms with Gasteiger partial charge in [0.1, 0.15) is 12.3 Å². The van der Waals surface area contributed by atoms with Crippen molar-refractivity contribution in [3.8, 4) is 5.75 Å². The molecule has 162 valence electrons. The van der Waals surface area contributed by atoms with Gasteiger partial charge in [-0.15, -0.1) is 0 Å². The van der Waals surface area contributed by atoms with Gasteiger partial charge in [-0.2, -0.15) is 0 Å². The lowest BCUT2D eigenvalue weighted by atomic mass is 10.1. The number of carbonyl (C=O) groups is 1. The summed E-state index contributed by atoms with van der Waals surface area (Å²) in [5, 5.41) is 2.78. The first-order valence-electron chi connectivity index (χ1n) is 9.99. The third-order valence-electron chi connectivity index (χ3n) is 4.57. The SMILES string of the molecule is CCOc1ccccc1NC(=O)CN(c1cc(C)cc(C)c1)S(=O)(=O)c1ccccc1. The fourth-order valence-electron chi connectivity index (χ4n) is 3.30. The summed E-state index contributed by atoms with van der Waals surface area (Å²) in [5.41, 5.74) is 2.75. The zero-order valence-electron chi connectivity index (χ0n) is 17.8. The molecule has 0 aliphatic heterocycles. The minimum atomic E-state index is -3.95. The average molecular weight is 439 g/mol. The normalized spacial score (nSPS) is 11.1. The molecule has 0 spiro atoms. The van der Waals surface area contributed by atoms with Crippen LogP contribution < -0.4 is 14.4 Å². The van der Waals surface area contributed by atoms with E-state index in [0.29, 0.717) is 23.7 Å². The van der Waals surface area contributed by atoms with Crippen molar-refractivity contribution in [2.45, 2.75) is 25.7 Å². The average Bonchev–Trinajstić information content (AvgIpc) is 2.73. The van der Waals surface area contributed by atoms with E-state index in [9.17, 15) is 13.2 Å². The van der Waals surface area contributed by atoms with E-state index in [1.54, 1.807) is 48.5 Å². The first kappa shape index (κ1) is 22.4. The van der Waals surface area contributed by atoms with Crippen LogP contribution in [0.3, 0.4) is 0 Å². The molecule has 0 aliphatic rings. The van der Waals surface area contributed by atoms with Gasteiger partial charge in [0.2, 0.25) is 5.91 Å². The van der Waals surface area contributed by atoms with E-state index < -0.39 is 15.9 Å². The van der Waals surface area contributed by atoms with Gasteiger partial charge in [-0.05, 0) is 68.3 Å². The highest BCUT2D eigenvalue weighted by Crippen LogP contribution is 2.27. The lowest BCUT2D eigenvalue weighted by molar-refractivity contribution is -0.114. The summed E-state index contributed by atoms with van der Waals surface area (Å²) in [4.78, 5) is 13.0. The number of nitrogens with zero attached hydrogens (tertiary/aromatic N) is 1. The number of hydrogen-bond acceptors (Lipinski definition) is 4. The van der Waals surface area contributed by atoms with Crippen molar-refractivity contribution in [3.05, 3.63) is 83.9 Å². The number of ether oxygens (including phenoxy) is 1. The highest BCUT2D eigenvalue weighted by molar-refractivity contribution is 7.92. The third-order valence-corrected chi connectivity index (χ3v) is 6.36. The Balaban J connectivity index is 1.97. The maximum atomic E-state index is 13.4. The minimum Gasteiger partial charge on any atom is -0.492 e. The van der Waals surface area contributed by atoms with Crippen LogP contribution in [0.5, 0.6) is 5.75 Å². The second-order valence-corrected chi connectivity index (χ2v) is 9.01. The minimum absolute atomic E-state index is 0.122. The Labute approximate surface area is 183 Å². The lowest BCUT2D eigenvalue weighted by Gasteiger charge is -2.25. The van der Waals surface area contributed by atoms with Crippen LogP contribution in [0.4, 0.5) is 11.4 Å². The topological polar surface area (TPSA) is 75.7 Å². The number of nitrogens with one attached hydrogen (secondary N) is 1. The van der Waals surface area contributed by atoms with Crippen LogP contribution in [0.15, 0.2) is 77.7 Å². The molecule has 0 heterocycles. The Kier molecular flexibility index (Phi) is 6.97. The molecule has 0 aliphatic carbocycles. The summed E-state index contributed by atoms with van der Waals surface area (Å²) in [7, 11) is -3.95. The van der Waals surface area contributed by atoms with E-state index in [1.165, 1.54) is 12.1 Å². The molecular formula is C24H26N2O4S. The molecule has 0 saturated carbocycles. The number of hydrogen-bond donors (Lipinski definition) is 1. The molecule has 1 N–H and O–H groups in total. The predicted octanol–water partition coefficient (Wildman–Crippen LogP) is 4.54. The van der Waals surface area contributed by atoms with Gasteiger partial charge in [-0.1, -0.05) is 36.4 Å². The van der Waals surface area contributed by atoms with Crippen LogP contribution in [0.25, 0.3) is 0 Å². The van der Waals surface area contributed by atoms with Crippen LogP contribution >= 0.6 is 0 Å². The van der Waals surface area contributed by atoms with Crippen LogP contribution in [-0.4, -0.2) is 27.5 Å². The Hall–Kier alpha value is -3.32. The fraction of sp³-hybridized carbons (Fsp3) is 0.208. The summed E-state index contributed by atoms with van der Waals surface area (Å²) in [6, 6.07) is 20.6. The van der Waals surface area contributed by atoms with Gasteiger partial charge >= 0.3 is 0 Å². The molecule has 3 aromatic carbocycles. The highest BCUT2D eigenvalue weighted by atomic mass is 32.2. The Morgan fingerprint density at radius 1 is 0.935 bits per heavy atom. The second kappa shape index (κ2) is 9.66. The van der Waals surface area contributed by atoms with E-state index in [1.807, 2.05) is 32.9 Å². The number of benzene rings is 3. The molecule has 3 aromatic rings. The van der Waals surface area contributed by atoms with Gasteiger partial charge in [0, 0.05) is 0 Å². The molecule has 3 rings (SSSR count). The maximum absolute atomic E-state index is 13.4. The molecule has 0 saturated heterocycles. The number of para-hydroxylation sites is 2. The van der Waals surface area contributed by atoms with Gasteiger partial charge in [-0.3, -0.25) is 9.10 Å². The first-order valence-corrected chi connectivity index (χ1v) is 11.4. The number of sulfonamides is 1. The van der Waals surface area contributed by atoms with Crippen molar-refractivity contribution in [2.24, 2.45) is 0 Å². The Morgan fingerprint density at radius 2 is 1.55 bits per heavy atom. The molecule has 0 atom stereocenters. The molecular weight excluding hydrogens is 412 g/mol. The summed E-state index contributed by atoms with van der Waals surface area (Å²) >= 11 is 0. The predicted molar refractivity (Wildman–Crippen MR) is 123 cm³/mol. The van der Waals surface area contributed by atoms with Gasteiger partial charge in [0.15, 0.2) is 0 Å². The van der Waals surface area contributed by atoms with Crippen LogP contribution in [0, 0.1) is 13.8 Å². The van der Waals surface area contributed by atoms with E-state index >= 15 is 0 Å². The van der Waals surface area contributed by atoms with Gasteiger partial charge < -0.3 is 10.1 Å². The smallest absolute Gasteiger partial charge is 0.264 e. The van der Waals surface area contributed by atoms with Crippen LogP contribution in [-0.2, 0) is 14.8 Å². The summed E-state index contributed by atoms with van der Waals surface area (Å²) in [6.45, 7) is 5.71. The van der Waals surface area contributed by atoms with Gasteiger partial charge in [-0.25, -0.2) is 8.42 Å². The molecule has 0 aromatic heterocycles. The number of amides is 1. The largest absolute Gasteiger partial charge is 0.492 e. The number of carbonyl (C=O) groups excluding carboxylic acids is 1. The van der Waals surface area contributed by atoms with Crippen molar-refractivity contribution in [1.82, 2.24) is 0 Å². The van der Waals surface area contributed by atoms with E-state index in [0.717, 1.165) is 15.4 Å². The lowest BCUT2D eigenvalue weighted by Crippen LogP contribution is -2.38. The fourth-order valence-corrected chi connectivity index (χ4v) is 4.73. The van der Waals surface area contributed by atoms with Crippen molar-refractivity contribution >= 4 is 27.3 Å². The monoisotopic (exact) mass is 438 g/mol. The zero-order chi connectivity index (χ0) is 22.4. The number of anilines is 2.